The summed E-state index contributed by atoms with van der Waals surface area (Å²) in [6.45, 7) is 0. The summed E-state index contributed by atoms with van der Waals surface area (Å²) in [5, 5.41) is 7.44. The molecule has 0 aliphatic rings. The molecule has 0 spiro atoms. The van der Waals surface area contributed by atoms with Crippen LogP contribution in [0.25, 0.3) is 105 Å². The van der Waals surface area contributed by atoms with Gasteiger partial charge in [-0.05, 0) is 65.7 Å². The summed E-state index contributed by atoms with van der Waals surface area (Å²) in [5.74, 6) is 0. The summed E-state index contributed by atoms with van der Waals surface area (Å²) in [6, 6.07) is 77.4. The lowest BCUT2D eigenvalue weighted by molar-refractivity contribution is 1.17. The van der Waals surface area contributed by atoms with Gasteiger partial charge in [0, 0.05) is 49.1 Å². The molecule has 9 aromatic carbocycles. The molecule has 0 aliphatic heterocycles. The van der Waals surface area contributed by atoms with Crippen molar-refractivity contribution in [2.45, 2.75) is 0 Å². The maximum Gasteiger partial charge on any atom is 0.0618 e. The van der Waals surface area contributed by atoms with Crippen LogP contribution in [0, 0.1) is 0 Å². The molecule has 12 aromatic rings. The smallest absolute Gasteiger partial charge is 0.0618 e. The van der Waals surface area contributed by atoms with Gasteiger partial charge >= 0.3 is 0 Å². The molecule has 0 unspecified atom stereocenters. The Bertz CT molecular complexity index is 3400. The van der Waals surface area contributed by atoms with Crippen LogP contribution < -0.4 is 0 Å². The fourth-order valence-corrected chi connectivity index (χ4v) is 9.47. The molecular weight excluding hydrogens is 691 g/mol. The van der Waals surface area contributed by atoms with E-state index in [2.05, 4.69) is 226 Å². The van der Waals surface area contributed by atoms with Crippen molar-refractivity contribution in [1.82, 2.24) is 13.7 Å². The van der Waals surface area contributed by atoms with Gasteiger partial charge in [0.25, 0.3) is 0 Å². The summed E-state index contributed by atoms with van der Waals surface area (Å²) in [4.78, 5) is 0. The van der Waals surface area contributed by atoms with Gasteiger partial charge in [0.15, 0.2) is 0 Å². The molecule has 3 aromatic heterocycles. The minimum Gasteiger partial charge on any atom is -0.309 e. The molecule has 3 heteroatoms. The molecule has 0 aliphatic carbocycles. The number of aromatic nitrogens is 3. The predicted octanol–water partition coefficient (Wildman–Crippen LogP) is 14.3. The number of benzene rings is 9. The maximum atomic E-state index is 2.51. The average Bonchev–Trinajstić information content (AvgIpc) is 3.92. The number of fused-ring (bicyclic) bond motifs is 9. The van der Waals surface area contributed by atoms with Crippen LogP contribution in [-0.4, -0.2) is 13.7 Å². The number of nitrogens with zero attached hydrogens (tertiary/aromatic N) is 3. The number of rotatable bonds is 5. The number of hydrogen-bond acceptors (Lipinski definition) is 0. The molecule has 0 saturated carbocycles. The molecule has 3 heterocycles. The van der Waals surface area contributed by atoms with Gasteiger partial charge in [-0.25, -0.2) is 0 Å². The minimum absolute atomic E-state index is 1.16. The highest BCUT2D eigenvalue weighted by Crippen LogP contribution is 2.44. The molecule has 57 heavy (non-hydrogen) atoms. The number of para-hydroxylation sites is 5. The molecule has 0 N–H and O–H groups in total. The van der Waals surface area contributed by atoms with Gasteiger partial charge in [0.2, 0.25) is 0 Å². The summed E-state index contributed by atoms with van der Waals surface area (Å²) in [6.07, 6.45) is 0. The lowest BCUT2D eigenvalue weighted by atomic mass is 9.95. The van der Waals surface area contributed by atoms with Crippen LogP contribution in [-0.2, 0) is 0 Å². The van der Waals surface area contributed by atoms with Crippen LogP contribution >= 0.6 is 0 Å². The average molecular weight is 726 g/mol. The van der Waals surface area contributed by atoms with Gasteiger partial charge in [0.05, 0.1) is 44.5 Å². The van der Waals surface area contributed by atoms with Crippen LogP contribution in [0.1, 0.15) is 0 Å². The topological polar surface area (TPSA) is 14.8 Å². The Balaban J connectivity index is 1.16. The Kier molecular flexibility index (Phi) is 6.93. The normalized spacial score (nSPS) is 11.9. The predicted molar refractivity (Wildman–Crippen MR) is 240 cm³/mol. The second-order valence-electron chi connectivity index (χ2n) is 14.9. The largest absolute Gasteiger partial charge is 0.309 e. The molecule has 0 saturated heterocycles. The first-order chi connectivity index (χ1) is 28.3. The Morgan fingerprint density at radius 3 is 1.30 bits per heavy atom. The van der Waals surface area contributed by atoms with Crippen molar-refractivity contribution < 1.29 is 0 Å². The zero-order valence-corrected chi connectivity index (χ0v) is 31.0. The van der Waals surface area contributed by atoms with E-state index in [0.29, 0.717) is 0 Å². The van der Waals surface area contributed by atoms with Crippen molar-refractivity contribution in [3.8, 4) is 39.3 Å². The highest BCUT2D eigenvalue weighted by Gasteiger charge is 2.23. The van der Waals surface area contributed by atoms with Gasteiger partial charge in [-0.3, -0.25) is 0 Å². The van der Waals surface area contributed by atoms with Crippen molar-refractivity contribution >= 4 is 65.4 Å². The molecule has 3 nitrogen and oxygen atoms in total. The molecular formula is C54H35N3. The van der Waals surface area contributed by atoms with Gasteiger partial charge < -0.3 is 13.7 Å². The van der Waals surface area contributed by atoms with Crippen molar-refractivity contribution in [2.75, 3.05) is 0 Å². The molecule has 266 valence electrons. The first-order valence-electron chi connectivity index (χ1n) is 19.6. The van der Waals surface area contributed by atoms with Gasteiger partial charge in [0.1, 0.15) is 0 Å². The number of hydrogen-bond donors (Lipinski definition) is 0. The minimum atomic E-state index is 1.16. The molecule has 0 atom stereocenters. The molecule has 0 radical (unpaired) electrons. The van der Waals surface area contributed by atoms with E-state index in [0.717, 1.165) is 11.4 Å². The van der Waals surface area contributed by atoms with Gasteiger partial charge in [-0.2, -0.15) is 0 Å². The van der Waals surface area contributed by atoms with E-state index in [1.54, 1.807) is 0 Å². The van der Waals surface area contributed by atoms with E-state index >= 15 is 0 Å². The SMILES string of the molecule is c1ccc(-c2cccc(-c3ccccc3)c2-n2c3ccccc3c3c(-n4c5ccccc5c5cc(-n6c7ccccc7c7ccccc76)ccc54)cccc32)cc1. The Morgan fingerprint density at radius 1 is 0.263 bits per heavy atom. The molecule has 0 amide bonds. The quantitative estimate of drug-likeness (QED) is 0.168. The summed E-state index contributed by atoms with van der Waals surface area (Å²) < 4.78 is 7.41. The van der Waals surface area contributed by atoms with E-state index in [9.17, 15) is 0 Å². The summed E-state index contributed by atoms with van der Waals surface area (Å²) >= 11 is 0. The van der Waals surface area contributed by atoms with E-state index in [1.807, 2.05) is 0 Å². The van der Waals surface area contributed by atoms with Crippen LogP contribution in [0.3, 0.4) is 0 Å². The third kappa shape index (κ3) is 4.66. The van der Waals surface area contributed by atoms with Crippen LogP contribution in [0.15, 0.2) is 212 Å². The van der Waals surface area contributed by atoms with Gasteiger partial charge in [-0.15, -0.1) is 0 Å². The van der Waals surface area contributed by atoms with Crippen molar-refractivity contribution in [3.63, 3.8) is 0 Å². The summed E-state index contributed by atoms with van der Waals surface area (Å²) in [7, 11) is 0. The second-order valence-corrected chi connectivity index (χ2v) is 14.9. The van der Waals surface area contributed by atoms with Gasteiger partial charge in [-0.1, -0.05) is 158 Å². The second kappa shape index (κ2) is 12.5. The van der Waals surface area contributed by atoms with Crippen molar-refractivity contribution in [2.24, 2.45) is 0 Å². The zero-order chi connectivity index (χ0) is 37.5. The first kappa shape index (κ1) is 31.7. The zero-order valence-electron chi connectivity index (χ0n) is 31.0. The van der Waals surface area contributed by atoms with Crippen LogP contribution in [0.2, 0.25) is 0 Å². The fraction of sp³-hybridized carbons (Fsp3) is 0. The Hall–Kier alpha value is -7.62. The first-order valence-corrected chi connectivity index (χ1v) is 19.6. The molecule has 0 bridgehead atoms. The van der Waals surface area contributed by atoms with Crippen molar-refractivity contribution in [1.29, 1.82) is 0 Å². The fourth-order valence-electron chi connectivity index (χ4n) is 9.47. The highest BCUT2D eigenvalue weighted by molar-refractivity contribution is 6.17. The standard InChI is InChI=1S/C54H35N3/c1-3-17-36(18-4-1)39-25-15-26-40(37-19-5-2-6-20-37)54(39)57-49-30-14-10-24-44(49)53-51(31-16-32-52(53)57)56-48-29-13-9-23-43(48)45-35-38(33-34-50(45)56)55-46-27-11-7-21-41(46)42-22-8-12-28-47(42)55/h1-35H. The Morgan fingerprint density at radius 2 is 0.702 bits per heavy atom. The highest BCUT2D eigenvalue weighted by atomic mass is 15.0. The van der Waals surface area contributed by atoms with E-state index < -0.39 is 0 Å². The Labute approximate surface area is 329 Å². The van der Waals surface area contributed by atoms with E-state index in [-0.39, 0.29) is 0 Å². The maximum absolute atomic E-state index is 2.51. The molecule has 0 fully saturated rings. The monoisotopic (exact) mass is 725 g/mol. The van der Waals surface area contributed by atoms with Crippen molar-refractivity contribution in [3.05, 3.63) is 212 Å². The summed E-state index contributed by atoms with van der Waals surface area (Å²) in [5.41, 5.74) is 15.4. The third-order valence-electron chi connectivity index (χ3n) is 11.8. The third-order valence-corrected chi connectivity index (χ3v) is 11.8. The van der Waals surface area contributed by atoms with Crippen LogP contribution in [0.4, 0.5) is 0 Å². The lowest BCUT2D eigenvalue weighted by Crippen LogP contribution is -2.01. The lowest BCUT2D eigenvalue weighted by Gasteiger charge is -2.19. The van der Waals surface area contributed by atoms with E-state index in [1.165, 1.54) is 93.4 Å². The van der Waals surface area contributed by atoms with E-state index in [4.69, 9.17) is 0 Å². The molecule has 12 rings (SSSR count). The van der Waals surface area contributed by atoms with Crippen LogP contribution in [0.5, 0.6) is 0 Å².